The number of ether oxygens (including phenoxy) is 8. The Morgan fingerprint density at radius 3 is 2.40 bits per heavy atom. The van der Waals surface area contributed by atoms with E-state index in [0.717, 1.165) is 10.0 Å². The van der Waals surface area contributed by atoms with Crippen molar-refractivity contribution in [2.75, 3.05) is 34.7 Å². The molecular weight excluding hydrogens is 654 g/mol. The normalized spacial score (nSPS) is 34.3. The number of hydrogen-bond acceptors (Lipinski definition) is 11. The predicted octanol–water partition coefficient (Wildman–Crippen LogP) is 3.34. The molecule has 13 heteroatoms. The van der Waals surface area contributed by atoms with Gasteiger partial charge in [-0.2, -0.15) is 0 Å². The van der Waals surface area contributed by atoms with Gasteiger partial charge in [-0.1, -0.05) is 48.9 Å². The van der Waals surface area contributed by atoms with Gasteiger partial charge in [-0.25, -0.2) is 4.79 Å². The quantitative estimate of drug-likeness (QED) is 0.260. The molecule has 2 N–H and O–H groups in total. The Labute approximate surface area is 273 Å². The van der Waals surface area contributed by atoms with Crippen molar-refractivity contribution in [3.8, 4) is 0 Å². The Morgan fingerprint density at radius 1 is 1.13 bits per heavy atom. The molecule has 0 aliphatic carbocycles. The Hall–Kier alpha value is -1.94. The molecule has 0 radical (unpaired) electrons. The average molecular weight is 701 g/mol. The number of fused-ring (bicyclic) bond motifs is 1. The van der Waals surface area contributed by atoms with Crippen LogP contribution in [0.4, 0.5) is 0 Å². The highest BCUT2D eigenvalue weighted by Gasteiger charge is 2.58. The third-order valence-electron chi connectivity index (χ3n) is 9.36. The SMILES string of the molecule is C=C1C[C@](OC)([C@H](OC(=O)c2ccc(Br)cc2)C(=O)N[C@H]2OCO[C@H]3[C@@H]2O[C@H](C[C@H](CO)OC)C(C)(C)[C@@H]3OC)O[C@H](C)[C@@H]1C. The number of carbonyl (C=O) groups is 2. The summed E-state index contributed by atoms with van der Waals surface area (Å²) in [6.45, 7) is 11.7. The molecule has 0 aromatic heterocycles. The summed E-state index contributed by atoms with van der Waals surface area (Å²) < 4.78 is 48.6. The second kappa shape index (κ2) is 14.9. The van der Waals surface area contributed by atoms with E-state index in [4.69, 9.17) is 37.9 Å². The van der Waals surface area contributed by atoms with Gasteiger partial charge in [0.05, 0.1) is 36.6 Å². The average Bonchev–Trinajstić information content (AvgIpc) is 3.01. The standard InChI is InChI=1S/C32H46BrNO11/c1-17-14-32(40-8,45-19(3)18(17)2)27(44-30(37)20-9-11-21(33)12-10-20)28(36)34-29-25-24(41-16-42-29)26(39-7)31(4,5)23(43-25)13-22(15-35)38-6/h9-12,18-19,22-27,29,35H,1,13-16H2,2-8H3,(H,34,36)/t18-,19-,22-,23-,24+,25+,26-,27-,29+,32-/m1/s1. The lowest BCUT2D eigenvalue weighted by molar-refractivity contribution is -0.333. The predicted molar refractivity (Wildman–Crippen MR) is 165 cm³/mol. The van der Waals surface area contributed by atoms with Crippen LogP contribution < -0.4 is 5.32 Å². The lowest BCUT2D eigenvalue weighted by Gasteiger charge is -2.54. The fourth-order valence-electron chi connectivity index (χ4n) is 6.31. The van der Waals surface area contributed by atoms with Gasteiger partial charge in [0.2, 0.25) is 11.9 Å². The van der Waals surface area contributed by atoms with Crippen LogP contribution in [0.5, 0.6) is 0 Å². The smallest absolute Gasteiger partial charge is 0.339 e. The van der Waals surface area contributed by atoms with Crippen LogP contribution in [0.25, 0.3) is 0 Å². The van der Waals surface area contributed by atoms with Crippen LogP contribution >= 0.6 is 15.9 Å². The first-order valence-electron chi connectivity index (χ1n) is 15.0. The van der Waals surface area contributed by atoms with Gasteiger partial charge < -0.3 is 48.3 Å². The third kappa shape index (κ3) is 7.47. The highest BCUT2D eigenvalue weighted by Crippen LogP contribution is 2.44. The minimum atomic E-state index is -1.66. The van der Waals surface area contributed by atoms with Crippen molar-refractivity contribution in [3.63, 3.8) is 0 Å². The summed E-state index contributed by atoms with van der Waals surface area (Å²) in [5, 5.41) is 12.7. The van der Waals surface area contributed by atoms with E-state index in [1.165, 1.54) is 14.2 Å². The summed E-state index contributed by atoms with van der Waals surface area (Å²) in [5.41, 5.74) is 0.469. The second-order valence-corrected chi connectivity index (χ2v) is 13.4. The minimum Gasteiger partial charge on any atom is -0.443 e. The van der Waals surface area contributed by atoms with Crippen LogP contribution in [0.15, 0.2) is 40.9 Å². The highest BCUT2D eigenvalue weighted by molar-refractivity contribution is 9.10. The first kappa shape index (κ1) is 35.9. The number of nitrogens with one attached hydrogen (secondary N) is 1. The van der Waals surface area contributed by atoms with Gasteiger partial charge >= 0.3 is 5.97 Å². The molecule has 4 rings (SSSR count). The van der Waals surface area contributed by atoms with Crippen LogP contribution in [0.2, 0.25) is 0 Å². The van der Waals surface area contributed by atoms with Crippen LogP contribution in [-0.2, 0) is 42.7 Å². The molecule has 3 heterocycles. The zero-order chi connectivity index (χ0) is 33.1. The van der Waals surface area contributed by atoms with E-state index in [1.807, 2.05) is 27.7 Å². The minimum absolute atomic E-state index is 0.0181. The van der Waals surface area contributed by atoms with Crippen molar-refractivity contribution in [2.45, 2.75) is 95.3 Å². The monoisotopic (exact) mass is 699 g/mol. The summed E-state index contributed by atoms with van der Waals surface area (Å²) in [6, 6.07) is 6.57. The summed E-state index contributed by atoms with van der Waals surface area (Å²) >= 11 is 3.36. The van der Waals surface area contributed by atoms with E-state index in [9.17, 15) is 14.7 Å². The molecular formula is C32H46BrNO11. The number of aliphatic hydroxyl groups excluding tert-OH is 1. The summed E-state index contributed by atoms with van der Waals surface area (Å²) in [6.07, 6.45) is -5.32. The van der Waals surface area contributed by atoms with Crippen molar-refractivity contribution in [1.29, 1.82) is 0 Å². The number of methoxy groups -OCH3 is 3. The number of esters is 1. The Balaban J connectivity index is 1.65. The second-order valence-electron chi connectivity index (χ2n) is 12.4. The van der Waals surface area contributed by atoms with Crippen molar-refractivity contribution in [3.05, 3.63) is 46.5 Å². The molecule has 10 atom stereocenters. The molecule has 1 aromatic rings. The molecule has 0 saturated carbocycles. The largest absolute Gasteiger partial charge is 0.443 e. The summed E-state index contributed by atoms with van der Waals surface area (Å²) in [7, 11) is 4.51. The number of aliphatic hydroxyl groups is 1. The van der Waals surface area contributed by atoms with Gasteiger partial charge in [-0.05, 0) is 31.2 Å². The maximum Gasteiger partial charge on any atom is 0.339 e. The molecule has 252 valence electrons. The Morgan fingerprint density at radius 2 is 1.82 bits per heavy atom. The lowest BCUT2D eigenvalue weighted by Crippen LogP contribution is -2.69. The van der Waals surface area contributed by atoms with Crippen molar-refractivity contribution in [2.24, 2.45) is 11.3 Å². The van der Waals surface area contributed by atoms with Gasteiger partial charge in [-0.15, -0.1) is 0 Å². The number of hydrogen-bond donors (Lipinski definition) is 2. The maximum absolute atomic E-state index is 14.2. The number of carbonyl (C=O) groups excluding carboxylic acids is 2. The lowest BCUT2D eigenvalue weighted by atomic mass is 9.72. The Kier molecular flexibility index (Phi) is 11.9. The van der Waals surface area contributed by atoms with E-state index >= 15 is 0 Å². The first-order chi connectivity index (χ1) is 21.3. The zero-order valence-electron chi connectivity index (χ0n) is 26.9. The fourth-order valence-corrected chi connectivity index (χ4v) is 6.57. The first-order valence-corrected chi connectivity index (χ1v) is 15.8. The number of halogens is 1. The highest BCUT2D eigenvalue weighted by atomic mass is 79.9. The van der Waals surface area contributed by atoms with Crippen molar-refractivity contribution < 1.29 is 52.6 Å². The van der Waals surface area contributed by atoms with Crippen molar-refractivity contribution >= 4 is 27.8 Å². The topological polar surface area (TPSA) is 140 Å². The molecule has 1 aromatic carbocycles. The molecule has 0 unspecified atom stereocenters. The summed E-state index contributed by atoms with van der Waals surface area (Å²) in [4.78, 5) is 27.6. The van der Waals surface area contributed by atoms with E-state index in [2.05, 4.69) is 27.8 Å². The van der Waals surface area contributed by atoms with Crippen molar-refractivity contribution in [1.82, 2.24) is 5.32 Å². The van der Waals surface area contributed by atoms with E-state index in [-0.39, 0.29) is 37.4 Å². The third-order valence-corrected chi connectivity index (χ3v) is 9.89. The molecule has 3 saturated heterocycles. The molecule has 12 nitrogen and oxygen atoms in total. The van der Waals surface area contributed by atoms with E-state index in [0.29, 0.717) is 6.42 Å². The molecule has 1 amide bonds. The Bertz CT molecular complexity index is 1190. The van der Waals surface area contributed by atoms with E-state index < -0.39 is 65.9 Å². The van der Waals surface area contributed by atoms with Crippen LogP contribution in [0.3, 0.4) is 0 Å². The van der Waals surface area contributed by atoms with Crippen LogP contribution in [0.1, 0.15) is 50.9 Å². The van der Waals surface area contributed by atoms with Gasteiger partial charge in [0.25, 0.3) is 5.91 Å². The van der Waals surface area contributed by atoms with Crippen LogP contribution in [-0.4, -0.2) is 106 Å². The fraction of sp³-hybridized carbons (Fsp3) is 0.688. The number of benzene rings is 1. The van der Waals surface area contributed by atoms with Gasteiger partial charge in [-0.3, -0.25) is 4.79 Å². The summed E-state index contributed by atoms with van der Waals surface area (Å²) in [5.74, 6) is -3.14. The van der Waals surface area contributed by atoms with Gasteiger partial charge in [0, 0.05) is 50.0 Å². The molecule has 3 fully saturated rings. The number of amides is 1. The van der Waals surface area contributed by atoms with Gasteiger partial charge in [0.1, 0.15) is 19.0 Å². The molecule has 3 aliphatic rings. The zero-order valence-corrected chi connectivity index (χ0v) is 28.5. The number of rotatable bonds is 11. The molecule has 0 spiro atoms. The molecule has 45 heavy (non-hydrogen) atoms. The molecule has 3 aliphatic heterocycles. The molecule has 0 bridgehead atoms. The van der Waals surface area contributed by atoms with E-state index in [1.54, 1.807) is 31.4 Å². The maximum atomic E-state index is 14.2. The van der Waals surface area contributed by atoms with Gasteiger partial charge in [0.15, 0.2) is 6.23 Å². The van der Waals surface area contributed by atoms with Crippen LogP contribution in [0, 0.1) is 11.3 Å².